The summed E-state index contributed by atoms with van der Waals surface area (Å²) in [5.74, 6) is 0.910. The summed E-state index contributed by atoms with van der Waals surface area (Å²) in [6, 6.07) is 8.39. The molecule has 1 aromatic rings. The predicted molar refractivity (Wildman–Crippen MR) is 64.2 cm³/mol. The smallest absolute Gasteiger partial charge is 0.119 e. The van der Waals surface area contributed by atoms with E-state index in [-0.39, 0.29) is 6.04 Å². The SMILES string of the molecule is CCCCc1ccc(OC[C@@H](C)N)cc1. The van der Waals surface area contributed by atoms with Gasteiger partial charge in [0.15, 0.2) is 0 Å². The normalized spacial score (nSPS) is 12.5. The Bertz CT molecular complexity index is 266. The summed E-state index contributed by atoms with van der Waals surface area (Å²) >= 11 is 0. The lowest BCUT2D eigenvalue weighted by atomic mass is 10.1. The van der Waals surface area contributed by atoms with Gasteiger partial charge in [-0.1, -0.05) is 25.5 Å². The molecule has 0 aliphatic rings. The number of hydrogen-bond acceptors (Lipinski definition) is 2. The molecule has 84 valence electrons. The number of ether oxygens (including phenoxy) is 1. The van der Waals surface area contributed by atoms with Gasteiger partial charge in [-0.05, 0) is 37.5 Å². The van der Waals surface area contributed by atoms with Crippen LogP contribution in [0.5, 0.6) is 5.75 Å². The fourth-order valence-corrected chi connectivity index (χ4v) is 1.36. The first-order valence-electron chi connectivity index (χ1n) is 5.69. The molecule has 0 fully saturated rings. The van der Waals surface area contributed by atoms with Crippen molar-refractivity contribution < 1.29 is 4.74 Å². The second kappa shape index (κ2) is 6.46. The van der Waals surface area contributed by atoms with E-state index in [1.807, 2.05) is 19.1 Å². The van der Waals surface area contributed by atoms with Crippen molar-refractivity contribution in [2.75, 3.05) is 6.61 Å². The van der Waals surface area contributed by atoms with E-state index in [1.165, 1.54) is 18.4 Å². The van der Waals surface area contributed by atoms with Gasteiger partial charge in [-0.2, -0.15) is 0 Å². The van der Waals surface area contributed by atoms with Crippen molar-refractivity contribution in [3.63, 3.8) is 0 Å². The first-order valence-corrected chi connectivity index (χ1v) is 5.69. The molecule has 0 radical (unpaired) electrons. The fourth-order valence-electron chi connectivity index (χ4n) is 1.36. The molecule has 0 saturated carbocycles. The Labute approximate surface area is 92.4 Å². The van der Waals surface area contributed by atoms with Crippen molar-refractivity contribution in [2.24, 2.45) is 5.73 Å². The van der Waals surface area contributed by atoms with Gasteiger partial charge in [-0.25, -0.2) is 0 Å². The molecule has 2 N–H and O–H groups in total. The van der Waals surface area contributed by atoms with Crippen LogP contribution in [0, 0.1) is 0 Å². The van der Waals surface area contributed by atoms with E-state index in [0.717, 1.165) is 12.2 Å². The van der Waals surface area contributed by atoms with Gasteiger partial charge in [0.05, 0.1) is 0 Å². The van der Waals surface area contributed by atoms with E-state index in [1.54, 1.807) is 0 Å². The van der Waals surface area contributed by atoms with Crippen LogP contribution in [0.1, 0.15) is 32.3 Å². The van der Waals surface area contributed by atoms with Crippen LogP contribution < -0.4 is 10.5 Å². The summed E-state index contributed by atoms with van der Waals surface area (Å²) in [5, 5.41) is 0. The minimum atomic E-state index is 0.0877. The zero-order chi connectivity index (χ0) is 11.1. The van der Waals surface area contributed by atoms with Crippen molar-refractivity contribution in [3.05, 3.63) is 29.8 Å². The zero-order valence-electron chi connectivity index (χ0n) is 9.70. The van der Waals surface area contributed by atoms with Crippen LogP contribution in [-0.4, -0.2) is 12.6 Å². The molecule has 1 rings (SSSR count). The standard InChI is InChI=1S/C13H21NO/c1-3-4-5-12-6-8-13(9-7-12)15-10-11(2)14/h6-9,11H,3-5,10,14H2,1-2H3/t11-/m1/s1. The molecule has 0 aliphatic carbocycles. The third kappa shape index (κ3) is 4.84. The lowest BCUT2D eigenvalue weighted by molar-refractivity contribution is 0.296. The topological polar surface area (TPSA) is 35.2 Å². The Morgan fingerprint density at radius 2 is 1.93 bits per heavy atom. The van der Waals surface area contributed by atoms with Crippen LogP contribution >= 0.6 is 0 Å². The van der Waals surface area contributed by atoms with Crippen molar-refractivity contribution in [1.82, 2.24) is 0 Å². The van der Waals surface area contributed by atoms with Crippen LogP contribution in [0.4, 0.5) is 0 Å². The highest BCUT2D eigenvalue weighted by atomic mass is 16.5. The molecule has 1 atom stereocenters. The van der Waals surface area contributed by atoms with Crippen LogP contribution in [0.25, 0.3) is 0 Å². The molecule has 0 aromatic heterocycles. The molecule has 0 bridgehead atoms. The van der Waals surface area contributed by atoms with E-state index >= 15 is 0 Å². The number of rotatable bonds is 6. The van der Waals surface area contributed by atoms with Gasteiger partial charge in [0.1, 0.15) is 12.4 Å². The van der Waals surface area contributed by atoms with Crippen LogP contribution in [-0.2, 0) is 6.42 Å². The molecule has 0 unspecified atom stereocenters. The minimum absolute atomic E-state index is 0.0877. The average Bonchev–Trinajstić information content (AvgIpc) is 2.25. The number of hydrogen-bond donors (Lipinski definition) is 1. The Balaban J connectivity index is 2.41. The number of nitrogens with two attached hydrogens (primary N) is 1. The molecular formula is C13H21NO. The third-order valence-electron chi connectivity index (χ3n) is 2.26. The maximum Gasteiger partial charge on any atom is 0.119 e. The first-order chi connectivity index (χ1) is 7.22. The van der Waals surface area contributed by atoms with E-state index in [9.17, 15) is 0 Å². The Kier molecular flexibility index (Phi) is 5.19. The highest BCUT2D eigenvalue weighted by Gasteiger charge is 1.97. The van der Waals surface area contributed by atoms with Gasteiger partial charge < -0.3 is 10.5 Å². The number of unbranched alkanes of at least 4 members (excludes halogenated alkanes) is 1. The maximum absolute atomic E-state index is 5.61. The molecule has 2 heteroatoms. The summed E-state index contributed by atoms with van der Waals surface area (Å²) in [7, 11) is 0. The molecule has 15 heavy (non-hydrogen) atoms. The van der Waals surface area contributed by atoms with Gasteiger partial charge in [0.2, 0.25) is 0 Å². The van der Waals surface area contributed by atoms with Gasteiger partial charge >= 0.3 is 0 Å². The Hall–Kier alpha value is -1.02. The number of aryl methyl sites for hydroxylation is 1. The molecule has 0 amide bonds. The lowest BCUT2D eigenvalue weighted by Crippen LogP contribution is -2.23. The molecule has 0 aliphatic heterocycles. The molecule has 2 nitrogen and oxygen atoms in total. The third-order valence-corrected chi connectivity index (χ3v) is 2.26. The van der Waals surface area contributed by atoms with Gasteiger partial charge in [0, 0.05) is 6.04 Å². The minimum Gasteiger partial charge on any atom is -0.492 e. The quantitative estimate of drug-likeness (QED) is 0.778. The van der Waals surface area contributed by atoms with E-state index in [0.29, 0.717) is 6.61 Å². The first kappa shape index (κ1) is 12.1. The second-order valence-corrected chi connectivity index (χ2v) is 4.04. The zero-order valence-corrected chi connectivity index (χ0v) is 9.70. The van der Waals surface area contributed by atoms with Crippen molar-refractivity contribution in [1.29, 1.82) is 0 Å². The van der Waals surface area contributed by atoms with Gasteiger partial charge in [-0.3, -0.25) is 0 Å². The predicted octanol–water partition coefficient (Wildman–Crippen LogP) is 2.76. The monoisotopic (exact) mass is 207 g/mol. The Morgan fingerprint density at radius 3 is 2.47 bits per heavy atom. The molecule has 0 spiro atoms. The summed E-state index contributed by atoms with van der Waals surface area (Å²) < 4.78 is 5.50. The van der Waals surface area contributed by atoms with E-state index < -0.39 is 0 Å². The highest BCUT2D eigenvalue weighted by molar-refractivity contribution is 5.27. The van der Waals surface area contributed by atoms with Crippen LogP contribution in [0.15, 0.2) is 24.3 Å². The second-order valence-electron chi connectivity index (χ2n) is 4.04. The van der Waals surface area contributed by atoms with Crippen LogP contribution in [0.2, 0.25) is 0 Å². The summed E-state index contributed by atoms with van der Waals surface area (Å²) in [6.07, 6.45) is 3.65. The largest absolute Gasteiger partial charge is 0.492 e. The Morgan fingerprint density at radius 1 is 1.27 bits per heavy atom. The highest BCUT2D eigenvalue weighted by Crippen LogP contribution is 2.13. The van der Waals surface area contributed by atoms with Crippen LogP contribution in [0.3, 0.4) is 0 Å². The van der Waals surface area contributed by atoms with Crippen molar-refractivity contribution in [2.45, 2.75) is 39.2 Å². The summed E-state index contributed by atoms with van der Waals surface area (Å²) in [5.41, 5.74) is 6.99. The van der Waals surface area contributed by atoms with E-state index in [4.69, 9.17) is 10.5 Å². The lowest BCUT2D eigenvalue weighted by Gasteiger charge is -2.09. The maximum atomic E-state index is 5.61. The van der Waals surface area contributed by atoms with Crippen molar-refractivity contribution >= 4 is 0 Å². The summed E-state index contributed by atoms with van der Waals surface area (Å²) in [4.78, 5) is 0. The van der Waals surface area contributed by atoms with Gasteiger partial charge in [-0.15, -0.1) is 0 Å². The molecule has 1 aromatic carbocycles. The molecular weight excluding hydrogens is 186 g/mol. The van der Waals surface area contributed by atoms with E-state index in [2.05, 4.69) is 19.1 Å². The number of benzene rings is 1. The van der Waals surface area contributed by atoms with Crippen molar-refractivity contribution in [3.8, 4) is 5.75 Å². The van der Waals surface area contributed by atoms with Gasteiger partial charge in [0.25, 0.3) is 0 Å². The fraction of sp³-hybridized carbons (Fsp3) is 0.538. The molecule has 0 saturated heterocycles. The summed E-state index contributed by atoms with van der Waals surface area (Å²) in [6.45, 7) is 4.73. The average molecular weight is 207 g/mol. The molecule has 0 heterocycles.